The number of hydrogen-bond acceptors (Lipinski definition) is 2. The second kappa shape index (κ2) is 5.36. The normalized spacial score (nSPS) is 26.1. The van der Waals surface area contributed by atoms with E-state index in [1.165, 1.54) is 25.9 Å². The highest BCUT2D eigenvalue weighted by Gasteiger charge is 2.22. The number of likely N-dealkylation sites (tertiary alicyclic amines) is 1. The molecule has 1 aliphatic heterocycles. The van der Waals surface area contributed by atoms with Gasteiger partial charge in [-0.25, -0.2) is 0 Å². The van der Waals surface area contributed by atoms with E-state index in [0.29, 0.717) is 5.92 Å². The maximum Gasteiger partial charge on any atom is 0.0658 e. The van der Waals surface area contributed by atoms with Crippen molar-refractivity contribution >= 4 is 0 Å². The molecule has 80 valence electrons. The molecule has 0 saturated carbocycles. The van der Waals surface area contributed by atoms with E-state index in [2.05, 4.69) is 31.9 Å². The minimum absolute atomic E-state index is 0.256. The smallest absolute Gasteiger partial charge is 0.0658 e. The lowest BCUT2D eigenvalue weighted by atomic mass is 9.84. The summed E-state index contributed by atoms with van der Waals surface area (Å²) in [6.45, 7) is 6.72. The highest BCUT2D eigenvalue weighted by Crippen LogP contribution is 2.25. The Morgan fingerprint density at radius 2 is 2.21 bits per heavy atom. The molecule has 1 fully saturated rings. The predicted octanol–water partition coefficient (Wildman–Crippen LogP) is 2.51. The van der Waals surface area contributed by atoms with Crippen LogP contribution in [0.4, 0.5) is 0 Å². The first kappa shape index (κ1) is 11.5. The molecule has 1 saturated heterocycles. The minimum atomic E-state index is 0.256. The van der Waals surface area contributed by atoms with Gasteiger partial charge in [-0.3, -0.25) is 0 Å². The molecule has 2 atom stereocenters. The lowest BCUT2D eigenvalue weighted by molar-refractivity contribution is 0.184. The molecule has 2 unspecified atom stereocenters. The minimum Gasteiger partial charge on any atom is -0.306 e. The topological polar surface area (TPSA) is 27.0 Å². The number of hydrogen-bond donors (Lipinski definition) is 0. The Labute approximate surface area is 87.9 Å². The van der Waals surface area contributed by atoms with Gasteiger partial charge in [0.15, 0.2) is 0 Å². The van der Waals surface area contributed by atoms with Crippen LogP contribution in [0, 0.1) is 29.1 Å². The van der Waals surface area contributed by atoms with Gasteiger partial charge in [-0.05, 0) is 44.7 Å². The average molecular weight is 194 g/mol. The molecule has 0 aromatic carbocycles. The molecule has 0 aliphatic carbocycles. The van der Waals surface area contributed by atoms with Gasteiger partial charge in [-0.15, -0.1) is 0 Å². The third kappa shape index (κ3) is 3.31. The number of nitrogens with zero attached hydrogens (tertiary/aromatic N) is 2. The molecule has 2 nitrogen and oxygen atoms in total. The van der Waals surface area contributed by atoms with Crippen molar-refractivity contribution in [3.63, 3.8) is 0 Å². The number of rotatable bonds is 3. The molecule has 0 radical (unpaired) electrons. The second-order valence-electron chi connectivity index (χ2n) is 4.99. The molecule has 0 N–H and O–H groups in total. The van der Waals surface area contributed by atoms with Crippen LogP contribution >= 0.6 is 0 Å². The van der Waals surface area contributed by atoms with Gasteiger partial charge in [0.05, 0.1) is 6.07 Å². The second-order valence-corrected chi connectivity index (χ2v) is 4.99. The van der Waals surface area contributed by atoms with E-state index < -0.39 is 0 Å². The fourth-order valence-corrected chi connectivity index (χ4v) is 2.30. The fraction of sp³-hybridized carbons (Fsp3) is 0.917. The molecule has 1 aliphatic rings. The first-order valence-corrected chi connectivity index (χ1v) is 5.71. The average Bonchev–Trinajstić information content (AvgIpc) is 2.14. The van der Waals surface area contributed by atoms with Crippen molar-refractivity contribution in [1.82, 2.24) is 4.90 Å². The van der Waals surface area contributed by atoms with Crippen molar-refractivity contribution in [3.8, 4) is 6.07 Å². The van der Waals surface area contributed by atoms with Crippen molar-refractivity contribution in [3.05, 3.63) is 0 Å². The molecule has 0 aromatic heterocycles. The standard InChI is InChI=1S/C12H22N2/c1-10(2)12(8-13)7-11-5-4-6-14(3)9-11/h10-12H,4-7,9H2,1-3H3. The summed E-state index contributed by atoms with van der Waals surface area (Å²) in [5.41, 5.74) is 0. The largest absolute Gasteiger partial charge is 0.306 e. The third-order valence-corrected chi connectivity index (χ3v) is 3.28. The summed E-state index contributed by atoms with van der Waals surface area (Å²) < 4.78 is 0. The van der Waals surface area contributed by atoms with Crippen LogP contribution in [0.3, 0.4) is 0 Å². The van der Waals surface area contributed by atoms with Gasteiger partial charge < -0.3 is 4.90 Å². The Morgan fingerprint density at radius 3 is 2.71 bits per heavy atom. The van der Waals surface area contributed by atoms with Crippen LogP contribution in [0.25, 0.3) is 0 Å². The maximum atomic E-state index is 9.03. The van der Waals surface area contributed by atoms with Crippen LogP contribution in [0.2, 0.25) is 0 Å². The van der Waals surface area contributed by atoms with E-state index >= 15 is 0 Å². The van der Waals surface area contributed by atoms with Gasteiger partial charge in [0.1, 0.15) is 0 Å². The quantitative estimate of drug-likeness (QED) is 0.690. The van der Waals surface area contributed by atoms with Crippen molar-refractivity contribution in [2.45, 2.75) is 33.1 Å². The summed E-state index contributed by atoms with van der Waals surface area (Å²) in [6.07, 6.45) is 3.71. The molecular weight excluding hydrogens is 172 g/mol. The Hall–Kier alpha value is -0.550. The van der Waals surface area contributed by atoms with E-state index in [-0.39, 0.29) is 5.92 Å². The number of piperidine rings is 1. The van der Waals surface area contributed by atoms with Crippen molar-refractivity contribution in [2.75, 3.05) is 20.1 Å². The first-order chi connectivity index (χ1) is 6.63. The SMILES string of the molecule is CC(C)C(C#N)CC1CCCN(C)C1. The summed E-state index contributed by atoms with van der Waals surface area (Å²) in [5.74, 6) is 1.51. The van der Waals surface area contributed by atoms with E-state index in [1.807, 2.05) is 0 Å². The van der Waals surface area contributed by atoms with Gasteiger partial charge in [0.2, 0.25) is 0 Å². The van der Waals surface area contributed by atoms with Gasteiger partial charge in [0, 0.05) is 12.5 Å². The fourth-order valence-electron chi connectivity index (χ4n) is 2.30. The lowest BCUT2D eigenvalue weighted by Gasteiger charge is -2.31. The molecule has 0 amide bonds. The molecule has 14 heavy (non-hydrogen) atoms. The van der Waals surface area contributed by atoms with Crippen LogP contribution in [-0.4, -0.2) is 25.0 Å². The van der Waals surface area contributed by atoms with E-state index in [1.54, 1.807) is 0 Å². The van der Waals surface area contributed by atoms with Gasteiger partial charge in [-0.2, -0.15) is 5.26 Å². The van der Waals surface area contributed by atoms with Gasteiger partial charge in [-0.1, -0.05) is 13.8 Å². The van der Waals surface area contributed by atoms with Crippen molar-refractivity contribution in [2.24, 2.45) is 17.8 Å². The van der Waals surface area contributed by atoms with Crippen LogP contribution in [0.5, 0.6) is 0 Å². The summed E-state index contributed by atoms with van der Waals surface area (Å²) in [6, 6.07) is 2.45. The zero-order valence-electron chi connectivity index (χ0n) is 9.66. The highest BCUT2D eigenvalue weighted by molar-refractivity contribution is 4.88. The number of nitriles is 1. The summed E-state index contributed by atoms with van der Waals surface area (Å²) >= 11 is 0. The first-order valence-electron chi connectivity index (χ1n) is 5.71. The van der Waals surface area contributed by atoms with Crippen molar-refractivity contribution in [1.29, 1.82) is 5.26 Å². The van der Waals surface area contributed by atoms with E-state index in [0.717, 1.165) is 12.3 Å². The Balaban J connectivity index is 2.38. The predicted molar refractivity (Wildman–Crippen MR) is 58.8 cm³/mol. The molecule has 0 bridgehead atoms. The van der Waals surface area contributed by atoms with E-state index in [9.17, 15) is 0 Å². The zero-order valence-corrected chi connectivity index (χ0v) is 9.66. The monoisotopic (exact) mass is 194 g/mol. The van der Waals surface area contributed by atoms with Crippen LogP contribution < -0.4 is 0 Å². The van der Waals surface area contributed by atoms with Crippen LogP contribution in [-0.2, 0) is 0 Å². The molecule has 0 aromatic rings. The Morgan fingerprint density at radius 1 is 1.50 bits per heavy atom. The molecule has 0 spiro atoms. The highest BCUT2D eigenvalue weighted by atomic mass is 15.1. The molecule has 1 rings (SSSR count). The van der Waals surface area contributed by atoms with E-state index in [4.69, 9.17) is 5.26 Å². The molecule has 2 heteroatoms. The van der Waals surface area contributed by atoms with Gasteiger partial charge >= 0.3 is 0 Å². The van der Waals surface area contributed by atoms with Crippen molar-refractivity contribution < 1.29 is 0 Å². The summed E-state index contributed by atoms with van der Waals surface area (Å²) in [7, 11) is 2.18. The summed E-state index contributed by atoms with van der Waals surface area (Å²) in [4.78, 5) is 2.39. The van der Waals surface area contributed by atoms with Crippen LogP contribution in [0.1, 0.15) is 33.1 Å². The Bertz CT molecular complexity index is 205. The lowest BCUT2D eigenvalue weighted by Crippen LogP contribution is -2.33. The van der Waals surface area contributed by atoms with Crippen LogP contribution in [0.15, 0.2) is 0 Å². The molecular formula is C12H22N2. The third-order valence-electron chi connectivity index (χ3n) is 3.28. The van der Waals surface area contributed by atoms with Gasteiger partial charge in [0.25, 0.3) is 0 Å². The Kier molecular flexibility index (Phi) is 4.41. The zero-order chi connectivity index (χ0) is 10.6. The maximum absolute atomic E-state index is 9.03. The molecule has 1 heterocycles. The summed E-state index contributed by atoms with van der Waals surface area (Å²) in [5, 5.41) is 9.03.